The third-order valence-electron chi connectivity index (χ3n) is 18.1. The zero-order valence-electron chi connectivity index (χ0n) is 60.0. The number of esters is 2. The maximum atomic E-state index is 15.8. The Bertz CT molecular complexity index is 5350. The zero-order chi connectivity index (χ0) is 79.2. The van der Waals surface area contributed by atoms with Crippen LogP contribution in [0.5, 0.6) is 5.75 Å². The summed E-state index contributed by atoms with van der Waals surface area (Å²) in [5.74, 6) is -8.40. The quantitative estimate of drug-likeness (QED) is 0.0287. The Kier molecular flexibility index (Phi) is 22.8. The molecule has 8 aromatic heterocycles. The number of thiazole rings is 5. The lowest BCUT2D eigenvalue weighted by atomic mass is 9.85. The molecule has 4 aliphatic rings. The fourth-order valence-electron chi connectivity index (χ4n) is 12.9. The van der Waals surface area contributed by atoms with Gasteiger partial charge in [-0.15, -0.1) is 56.7 Å². The highest BCUT2D eigenvalue weighted by Crippen LogP contribution is 2.43. The van der Waals surface area contributed by atoms with Crippen molar-refractivity contribution in [1.29, 1.82) is 0 Å². The van der Waals surface area contributed by atoms with E-state index in [0.29, 0.717) is 5.56 Å². The number of benzene rings is 1. The monoisotopic (exact) mass is 1640 g/mol. The van der Waals surface area contributed by atoms with Gasteiger partial charge in [-0.25, -0.2) is 57.6 Å². The van der Waals surface area contributed by atoms with Crippen LogP contribution in [0.4, 0.5) is 0 Å². The fraction of sp³-hybridized carbons (Fsp3) is 0.368. The van der Waals surface area contributed by atoms with Crippen LogP contribution in [0.3, 0.4) is 0 Å². The van der Waals surface area contributed by atoms with Crippen LogP contribution < -0.4 is 41.9 Å². The molecule has 0 aliphatic carbocycles. The van der Waals surface area contributed by atoms with E-state index in [0.717, 1.165) is 61.4 Å². The summed E-state index contributed by atoms with van der Waals surface area (Å²) in [6.45, 7) is 7.12. The first-order valence-corrected chi connectivity index (χ1v) is 39.6. The van der Waals surface area contributed by atoms with E-state index in [1.54, 1.807) is 58.1 Å². The Morgan fingerprint density at radius 2 is 1.57 bits per heavy atom. The van der Waals surface area contributed by atoms with Gasteiger partial charge in [0.05, 0.1) is 55.1 Å². The fourth-order valence-corrected chi connectivity index (χ4v) is 18.1. The van der Waals surface area contributed by atoms with Gasteiger partial charge >= 0.3 is 11.9 Å². The predicted molar refractivity (Wildman–Crippen MR) is 397 cm³/mol. The summed E-state index contributed by atoms with van der Waals surface area (Å²) in [5.41, 5.74) is 2.11. The van der Waals surface area contributed by atoms with Gasteiger partial charge in [0.15, 0.2) is 23.1 Å². The molecule has 12 bridgehead atoms. The van der Waals surface area contributed by atoms with Crippen LogP contribution in [-0.4, -0.2) is 210 Å². The number of nitrogens with zero attached hydrogens (tertiary/aromatic N) is 10. The van der Waals surface area contributed by atoms with Crippen LogP contribution >= 0.6 is 56.7 Å². The molecule has 4 aliphatic heterocycles. The van der Waals surface area contributed by atoms with Crippen molar-refractivity contribution in [3.05, 3.63) is 136 Å². The normalized spacial score (nSPS) is 22.7. The molecule has 12 heterocycles. The number of amides is 6. The minimum Gasteiger partial charge on any atom is -0.506 e. The molecule has 43 heteroatoms. The van der Waals surface area contributed by atoms with Crippen LogP contribution in [0, 0.1) is 0 Å². The second-order valence-corrected chi connectivity index (χ2v) is 32.3. The minimum absolute atomic E-state index is 0.0107. The van der Waals surface area contributed by atoms with Gasteiger partial charge in [0, 0.05) is 69.6 Å². The first-order valence-electron chi connectivity index (χ1n) is 33.8. The standard InChI is InChI=1S/C68H71N17O20S6/c1-28(55(69)88)72-56(89)37-24-109-64(77-37)49-42(87)16-33-48(79-49)36-22-107-62(74-36)35-21-102-66(94)51-34-20-100-52(50(65-78-38(25-110-65)57(90)73-35)82-59(92)40-26-108-63(76-40)47(30(3)99-9)81-60(93)46(29(2)86)80-58(91)39-23-106-61(33)75-39)53(105-44-17-68(5,96)54(83(6)7)31(4)104-44)67(95)101-19-32-12-10-13-41(45(32)34)85(51)103-15-11-14-71-111(97,98)43-18-84(8)27-70-43/h10,12-13,16,18,22-27,29,31,35,44,46,50,52-54,71,86-87,96H,1,11,14-15,17,19-21H2,2-9H3,(H2,69,88)(H,72,89)(H,73,90)(H,80,91)(H,81,93)(H,82,92)/b47-30+. The number of sulfonamides is 1. The van der Waals surface area contributed by atoms with Crippen molar-refractivity contribution in [2.24, 2.45) is 12.8 Å². The van der Waals surface area contributed by atoms with Crippen LogP contribution in [0.1, 0.15) is 131 Å². The second-order valence-electron chi connectivity index (χ2n) is 26.3. The number of rotatable bonds is 16. The average Bonchev–Trinajstić information content (AvgIpc) is 1.65. The topological polar surface area (TPSA) is 498 Å². The summed E-state index contributed by atoms with van der Waals surface area (Å²) in [7, 11) is 2.32. The summed E-state index contributed by atoms with van der Waals surface area (Å²) < 4.78 is 70.2. The third-order valence-corrected chi connectivity index (χ3v) is 23.9. The number of allylic oxidation sites excluding steroid dienone is 1. The highest BCUT2D eigenvalue weighted by molar-refractivity contribution is 7.89. The minimum atomic E-state index is -4.11. The summed E-state index contributed by atoms with van der Waals surface area (Å²) in [6.07, 6.45) is -5.16. The smallest absolute Gasteiger partial charge is 0.358 e. The Morgan fingerprint density at radius 1 is 0.883 bits per heavy atom. The van der Waals surface area contributed by atoms with Crippen molar-refractivity contribution in [2.75, 3.05) is 41.0 Å². The summed E-state index contributed by atoms with van der Waals surface area (Å²) in [5, 5.41) is 55.4. The highest BCUT2D eigenvalue weighted by Gasteiger charge is 2.50. The van der Waals surface area contributed by atoms with Crippen molar-refractivity contribution < 1.29 is 95.4 Å². The maximum Gasteiger partial charge on any atom is 0.358 e. The van der Waals surface area contributed by atoms with Crippen molar-refractivity contribution >= 4 is 131 Å². The van der Waals surface area contributed by atoms with Gasteiger partial charge in [0.1, 0.15) is 126 Å². The number of carbonyl (C=O) groups excluding carboxylic acids is 8. The van der Waals surface area contributed by atoms with Gasteiger partial charge in [0.2, 0.25) is 5.91 Å². The molecule has 1 aromatic carbocycles. The number of hydrogen-bond acceptors (Lipinski definition) is 33. The van der Waals surface area contributed by atoms with Gasteiger partial charge in [-0.05, 0) is 65.9 Å². The number of likely N-dealkylation sites (N-methyl/N-ethyl adjacent to an activating group) is 1. The summed E-state index contributed by atoms with van der Waals surface area (Å²) in [6, 6.07) is 0.640. The first kappa shape index (κ1) is 78.7. The number of nitrogens with one attached hydrogen (secondary N) is 6. The molecule has 111 heavy (non-hydrogen) atoms. The van der Waals surface area contributed by atoms with Crippen LogP contribution in [0.25, 0.3) is 49.3 Å². The molecule has 9 aromatic rings. The molecule has 0 spiro atoms. The number of fused-ring (bicyclic) bond motifs is 15. The molecule has 0 radical (unpaired) electrons. The van der Waals surface area contributed by atoms with Crippen molar-refractivity contribution in [3.63, 3.8) is 0 Å². The van der Waals surface area contributed by atoms with E-state index in [1.165, 1.54) is 71.0 Å². The Hall–Kier alpha value is -10.4. The molecule has 10 atom stereocenters. The van der Waals surface area contributed by atoms with Gasteiger partial charge < -0.3 is 90.4 Å². The maximum absolute atomic E-state index is 15.8. The number of methoxy groups -OCH3 is 1. The van der Waals surface area contributed by atoms with Gasteiger partial charge in [0.25, 0.3) is 39.6 Å². The van der Waals surface area contributed by atoms with Crippen molar-refractivity contribution in [1.82, 2.24) is 80.4 Å². The number of primary amides is 1. The lowest BCUT2D eigenvalue weighted by Gasteiger charge is -2.48. The molecule has 0 saturated carbocycles. The Labute approximate surface area is 650 Å². The number of pyridine rings is 1. The van der Waals surface area contributed by atoms with E-state index in [4.69, 9.17) is 53.9 Å². The van der Waals surface area contributed by atoms with Gasteiger partial charge in [-0.3, -0.25) is 28.8 Å². The van der Waals surface area contributed by atoms with Crippen molar-refractivity contribution in [3.8, 4) is 38.4 Å². The SMILES string of the molecule is C=C(NC(=O)c1csc(-c2nc3c(cc2O)-c2nc(cs2)C(=O)NC(C(C)O)C(=O)N/C(=C(\C)OC)c2nc(cs2)C(=O)NC2c4nc(cs4)C(=O)NC(COC(=O)c4c5c6c(cccc6n4OCCCNS(=O)(=O)c4cn(C)cn4)COC(=O)C(OC4CC(C)(O)C(N(C)C)C(C)O4)C2OC5)c2nc-3cs2)n1)C(N)=O. The number of aromatic nitrogens is 9. The second kappa shape index (κ2) is 32.1. The molecule has 6 amide bonds. The molecule has 1 fully saturated rings. The van der Waals surface area contributed by atoms with E-state index in [9.17, 15) is 42.9 Å². The molecule has 11 N–H and O–H groups in total. The largest absolute Gasteiger partial charge is 0.506 e. The lowest BCUT2D eigenvalue weighted by molar-refractivity contribution is -0.280. The van der Waals surface area contributed by atoms with E-state index >= 15 is 19.2 Å². The molecule has 13 rings (SSSR count). The number of aryl methyl sites for hydroxylation is 1. The van der Waals surface area contributed by atoms with E-state index in [-0.39, 0.29) is 135 Å². The number of aromatic hydroxyl groups is 1. The van der Waals surface area contributed by atoms with E-state index in [2.05, 4.69) is 57.8 Å². The van der Waals surface area contributed by atoms with E-state index in [1.807, 2.05) is 0 Å². The zero-order valence-corrected chi connectivity index (χ0v) is 64.9. The van der Waals surface area contributed by atoms with Crippen LogP contribution in [0.2, 0.25) is 0 Å². The summed E-state index contributed by atoms with van der Waals surface area (Å²) in [4.78, 5) is 156. The van der Waals surface area contributed by atoms with Crippen LogP contribution in [-0.2, 0) is 73.1 Å². The number of aliphatic hydroxyl groups is 2. The highest BCUT2D eigenvalue weighted by atomic mass is 32.2. The molecular formula is C68H71N17O20S6. The number of imidazole rings is 1. The number of carbonyl (C=O) groups is 8. The number of nitrogens with two attached hydrogens (primary N) is 1. The number of cyclic esters (lactones) is 2. The molecule has 1 saturated heterocycles. The number of aliphatic hydroxyl groups excluding tert-OH is 1. The Balaban J connectivity index is 0.992. The van der Waals surface area contributed by atoms with Crippen LogP contribution in [0.15, 0.2) is 86.8 Å². The number of hydrogen-bond donors (Lipinski definition) is 10. The third kappa shape index (κ3) is 16.4. The van der Waals surface area contributed by atoms with E-state index < -0.39 is 149 Å². The van der Waals surface area contributed by atoms with Gasteiger partial charge in [-0.1, -0.05) is 18.7 Å². The number of ether oxygens (including phenoxy) is 6. The molecular weight excluding hydrogens is 1570 g/mol. The Morgan fingerprint density at radius 3 is 2.28 bits per heavy atom. The molecule has 37 nitrogen and oxygen atoms in total. The lowest BCUT2D eigenvalue weighted by Crippen LogP contribution is -2.62. The molecule has 584 valence electrons. The first-order chi connectivity index (χ1) is 52.9. The predicted octanol–water partition coefficient (Wildman–Crippen LogP) is 3.18. The van der Waals surface area contributed by atoms with Crippen molar-refractivity contribution in [2.45, 2.75) is 119 Å². The van der Waals surface area contributed by atoms with Gasteiger partial charge in [-0.2, -0.15) is 4.73 Å². The molecule has 10 unspecified atom stereocenters. The summed E-state index contributed by atoms with van der Waals surface area (Å²) >= 11 is 4.40. The average molecular weight is 1640 g/mol.